The molecule has 6 rings (SSSR count). The number of piperidine rings is 1. The van der Waals surface area contributed by atoms with Crippen LogP contribution in [0.5, 0.6) is 5.88 Å². The van der Waals surface area contributed by atoms with Crippen LogP contribution in [0.1, 0.15) is 28.8 Å². The molecular formula is C25H19F5N4O2. The first-order chi connectivity index (χ1) is 17.2. The molecule has 11 heteroatoms. The number of aromatic nitrogens is 3. The molecule has 186 valence electrons. The molecule has 0 bridgehead atoms. The highest BCUT2D eigenvalue weighted by atomic mass is 19.4. The molecule has 5 atom stereocenters. The van der Waals surface area contributed by atoms with E-state index in [9.17, 15) is 22.4 Å². The number of pyridine rings is 1. The summed E-state index contributed by atoms with van der Waals surface area (Å²) in [6.07, 6.45) is -0.298. The summed E-state index contributed by atoms with van der Waals surface area (Å²) in [6.45, 7) is -0.800. The van der Waals surface area contributed by atoms with E-state index in [-0.39, 0.29) is 34.2 Å². The largest absolute Gasteiger partial charge is 0.472 e. The van der Waals surface area contributed by atoms with Crippen molar-refractivity contribution in [1.82, 2.24) is 19.9 Å². The summed E-state index contributed by atoms with van der Waals surface area (Å²) in [5.74, 6) is -1.42. The fourth-order valence-corrected chi connectivity index (χ4v) is 5.95. The van der Waals surface area contributed by atoms with E-state index < -0.39 is 48.3 Å². The van der Waals surface area contributed by atoms with Gasteiger partial charge in [-0.2, -0.15) is 13.2 Å². The Hall–Kier alpha value is -3.63. The minimum atomic E-state index is -4.53. The predicted molar refractivity (Wildman–Crippen MR) is 116 cm³/mol. The van der Waals surface area contributed by atoms with Crippen LogP contribution in [0.2, 0.25) is 0 Å². The van der Waals surface area contributed by atoms with Crippen molar-refractivity contribution in [2.24, 2.45) is 11.3 Å². The number of nitrogens with zero attached hydrogens (tertiary/aromatic N) is 4. The van der Waals surface area contributed by atoms with Crippen LogP contribution in [0.15, 0.2) is 55.0 Å². The Morgan fingerprint density at radius 1 is 1.08 bits per heavy atom. The second-order valence-corrected chi connectivity index (χ2v) is 9.40. The third-order valence-electron chi connectivity index (χ3n) is 7.58. The van der Waals surface area contributed by atoms with Crippen molar-refractivity contribution in [3.8, 4) is 17.3 Å². The zero-order valence-corrected chi connectivity index (χ0v) is 18.6. The second kappa shape index (κ2) is 7.94. The number of benzene rings is 1. The van der Waals surface area contributed by atoms with Crippen LogP contribution >= 0.6 is 0 Å². The lowest BCUT2D eigenvalue weighted by Gasteiger charge is -2.47. The molecular weight excluding hydrogens is 483 g/mol. The fourth-order valence-electron chi connectivity index (χ4n) is 5.95. The van der Waals surface area contributed by atoms with E-state index in [0.717, 1.165) is 18.2 Å². The average Bonchev–Trinajstić information content (AvgIpc) is 3.55. The number of hydrogen-bond acceptors (Lipinski definition) is 5. The molecule has 3 aliphatic rings. The molecule has 3 fully saturated rings. The van der Waals surface area contributed by atoms with E-state index in [1.54, 1.807) is 6.07 Å². The summed E-state index contributed by atoms with van der Waals surface area (Å²) < 4.78 is 73.8. The van der Waals surface area contributed by atoms with Crippen LogP contribution in [-0.4, -0.2) is 50.6 Å². The average molecular weight is 502 g/mol. The standard InChI is InChI=1S/C25H19F5N4O2/c26-11-17-15-9-24(15)10-18(36-19-6-5-13(12-33-19)25(28,29)30)21(24)34(17)23(35)20-14(3-1-4-16(20)27)22-31-7-2-8-32-22/h1-8,12,15,17-18,21H,9-11H2. The Morgan fingerprint density at radius 2 is 1.86 bits per heavy atom. The molecule has 1 aromatic carbocycles. The van der Waals surface area contributed by atoms with Crippen LogP contribution in [-0.2, 0) is 6.18 Å². The lowest BCUT2D eigenvalue weighted by Crippen LogP contribution is -2.60. The zero-order valence-electron chi connectivity index (χ0n) is 18.6. The molecule has 1 aliphatic heterocycles. The topological polar surface area (TPSA) is 68.2 Å². The molecule has 1 spiro atoms. The molecule has 2 saturated carbocycles. The minimum absolute atomic E-state index is 0.0274. The first kappa shape index (κ1) is 22.8. The maximum Gasteiger partial charge on any atom is 0.417 e. The van der Waals surface area contributed by atoms with Gasteiger partial charge in [0.15, 0.2) is 5.82 Å². The third-order valence-corrected chi connectivity index (χ3v) is 7.58. The van der Waals surface area contributed by atoms with Crippen LogP contribution in [0.25, 0.3) is 11.4 Å². The van der Waals surface area contributed by atoms with Crippen LogP contribution in [0, 0.1) is 17.2 Å². The quantitative estimate of drug-likeness (QED) is 0.473. The number of rotatable bonds is 5. The number of halogens is 5. The van der Waals surface area contributed by atoms with E-state index in [1.807, 2.05) is 0 Å². The van der Waals surface area contributed by atoms with Crippen molar-refractivity contribution in [3.63, 3.8) is 0 Å². The maximum absolute atomic E-state index is 15.1. The van der Waals surface area contributed by atoms with Gasteiger partial charge in [-0.1, -0.05) is 12.1 Å². The van der Waals surface area contributed by atoms with Crippen LogP contribution in [0.3, 0.4) is 0 Å². The van der Waals surface area contributed by atoms with E-state index >= 15 is 4.39 Å². The van der Waals surface area contributed by atoms with E-state index in [0.29, 0.717) is 19.0 Å². The SMILES string of the molecule is O=C(c1c(F)cccc1-c1ncccn1)N1C(CF)C2CC23CC(Oc2ccc(C(F)(F)F)cn2)C13. The molecule has 3 heterocycles. The van der Waals surface area contributed by atoms with Crippen LogP contribution < -0.4 is 4.74 Å². The van der Waals surface area contributed by atoms with E-state index in [4.69, 9.17) is 4.74 Å². The highest BCUT2D eigenvalue weighted by Crippen LogP contribution is 2.74. The second-order valence-electron chi connectivity index (χ2n) is 9.40. The summed E-state index contributed by atoms with van der Waals surface area (Å²) in [7, 11) is 0. The molecule has 2 aliphatic carbocycles. The van der Waals surface area contributed by atoms with Gasteiger partial charge in [0.05, 0.1) is 23.2 Å². The number of likely N-dealkylation sites (tertiary alicyclic amines) is 1. The lowest BCUT2D eigenvalue weighted by molar-refractivity contribution is -0.137. The van der Waals surface area contributed by atoms with Crippen molar-refractivity contribution >= 4 is 5.91 Å². The normalized spacial score (nSPS) is 28.2. The molecule has 2 aromatic heterocycles. The summed E-state index contributed by atoms with van der Waals surface area (Å²) in [5.41, 5.74) is -1.31. The first-order valence-electron chi connectivity index (χ1n) is 11.4. The Labute approximate surface area is 202 Å². The van der Waals surface area contributed by atoms with Gasteiger partial charge in [0, 0.05) is 35.6 Å². The van der Waals surface area contributed by atoms with Crippen LogP contribution in [0.4, 0.5) is 22.0 Å². The smallest absolute Gasteiger partial charge is 0.417 e. The van der Waals surface area contributed by atoms with Crippen molar-refractivity contribution in [1.29, 1.82) is 0 Å². The van der Waals surface area contributed by atoms with Crippen molar-refractivity contribution in [2.45, 2.75) is 37.2 Å². The molecule has 6 nitrogen and oxygen atoms in total. The third kappa shape index (κ3) is 3.35. The van der Waals surface area contributed by atoms with Gasteiger partial charge in [-0.25, -0.2) is 23.7 Å². The van der Waals surface area contributed by atoms with Gasteiger partial charge in [0.2, 0.25) is 5.88 Å². The van der Waals surface area contributed by atoms with Crippen molar-refractivity contribution < 1.29 is 31.5 Å². The van der Waals surface area contributed by atoms with E-state index in [1.165, 1.54) is 29.4 Å². The summed E-state index contributed by atoms with van der Waals surface area (Å²) in [6, 6.07) is 6.40. The van der Waals surface area contributed by atoms with Gasteiger partial charge in [-0.15, -0.1) is 0 Å². The van der Waals surface area contributed by atoms with Crippen molar-refractivity contribution in [3.05, 3.63) is 71.9 Å². The van der Waals surface area contributed by atoms with E-state index in [2.05, 4.69) is 15.0 Å². The molecule has 1 saturated heterocycles. The molecule has 0 N–H and O–H groups in total. The minimum Gasteiger partial charge on any atom is -0.472 e. The van der Waals surface area contributed by atoms with Gasteiger partial charge < -0.3 is 9.64 Å². The zero-order chi connectivity index (χ0) is 25.2. The first-order valence-corrected chi connectivity index (χ1v) is 11.4. The molecule has 5 unspecified atom stereocenters. The molecule has 1 amide bonds. The van der Waals surface area contributed by atoms with Crippen molar-refractivity contribution in [2.75, 3.05) is 6.67 Å². The van der Waals surface area contributed by atoms with Gasteiger partial charge in [-0.05, 0) is 37.0 Å². The molecule has 3 aromatic rings. The molecule has 36 heavy (non-hydrogen) atoms. The molecule has 0 radical (unpaired) electrons. The number of ether oxygens (including phenoxy) is 1. The maximum atomic E-state index is 15.1. The lowest BCUT2D eigenvalue weighted by atomic mass is 9.72. The Bertz CT molecular complexity index is 1320. The number of carbonyl (C=O) groups is 1. The monoisotopic (exact) mass is 502 g/mol. The van der Waals surface area contributed by atoms with Gasteiger partial charge >= 0.3 is 6.18 Å². The highest BCUT2D eigenvalue weighted by molar-refractivity contribution is 6.01. The number of amides is 1. The number of hydrogen-bond donors (Lipinski definition) is 0. The van der Waals surface area contributed by atoms with Gasteiger partial charge in [-0.3, -0.25) is 4.79 Å². The van der Waals surface area contributed by atoms with Gasteiger partial charge in [0.25, 0.3) is 5.91 Å². The number of carbonyl (C=O) groups excluding carboxylic acids is 1. The Balaban J connectivity index is 1.32. The highest BCUT2D eigenvalue weighted by Gasteiger charge is 2.79. The fraction of sp³-hybridized carbons (Fsp3) is 0.360. The number of alkyl halides is 4. The summed E-state index contributed by atoms with van der Waals surface area (Å²) in [5, 5.41) is 0. The van der Waals surface area contributed by atoms with Gasteiger partial charge in [0.1, 0.15) is 18.6 Å². The summed E-state index contributed by atoms with van der Waals surface area (Å²) >= 11 is 0. The summed E-state index contributed by atoms with van der Waals surface area (Å²) in [4.78, 5) is 27.2. The Kier molecular flexibility index (Phi) is 5.03. The predicted octanol–water partition coefficient (Wildman–Crippen LogP) is 4.72. The Morgan fingerprint density at radius 3 is 2.53 bits per heavy atom.